The van der Waals surface area contributed by atoms with Crippen molar-refractivity contribution in [1.29, 1.82) is 0 Å². The third-order valence-electron chi connectivity index (χ3n) is 4.91. The largest absolute Gasteiger partial charge is 0.457 e. The van der Waals surface area contributed by atoms with Crippen LogP contribution in [0.5, 0.6) is 11.5 Å². The minimum Gasteiger partial charge on any atom is -0.457 e. The van der Waals surface area contributed by atoms with Crippen LogP contribution < -0.4 is 26.5 Å². The molecule has 0 aromatic heterocycles. The van der Waals surface area contributed by atoms with Crippen LogP contribution in [-0.2, 0) is 0 Å². The number of anilines is 1. The number of nitrogens with zero attached hydrogens (tertiary/aromatic N) is 1. The first kappa shape index (κ1) is 18.7. The van der Waals surface area contributed by atoms with E-state index in [0.717, 1.165) is 22.1 Å². The van der Waals surface area contributed by atoms with Gasteiger partial charge in [-0.25, -0.2) is 5.53 Å². The van der Waals surface area contributed by atoms with Crippen molar-refractivity contribution in [1.82, 2.24) is 16.5 Å². The van der Waals surface area contributed by atoms with Crippen LogP contribution in [0.4, 0.5) is 5.69 Å². The fourth-order valence-corrected chi connectivity index (χ4v) is 3.36. The van der Waals surface area contributed by atoms with Crippen molar-refractivity contribution >= 4 is 28.2 Å². The summed E-state index contributed by atoms with van der Waals surface area (Å²) in [5.74, 6) is 1.78. The van der Waals surface area contributed by atoms with Crippen molar-refractivity contribution in [3.8, 4) is 11.5 Å². The summed E-state index contributed by atoms with van der Waals surface area (Å²) in [7, 11) is 0. The van der Waals surface area contributed by atoms with Crippen molar-refractivity contribution in [3.05, 3.63) is 102 Å². The average Bonchev–Trinajstić information content (AvgIpc) is 3.35. The number of carbonyl (C=O) groups is 1. The van der Waals surface area contributed by atoms with Gasteiger partial charge in [0, 0.05) is 11.1 Å². The van der Waals surface area contributed by atoms with Gasteiger partial charge < -0.3 is 10.1 Å². The van der Waals surface area contributed by atoms with E-state index in [0.29, 0.717) is 22.8 Å². The molecule has 0 aliphatic carbocycles. The van der Waals surface area contributed by atoms with Crippen LogP contribution in [0.25, 0.3) is 10.8 Å². The molecule has 0 bridgehead atoms. The molecule has 1 heterocycles. The lowest BCUT2D eigenvalue weighted by atomic mass is 10.1. The molecule has 7 heteroatoms. The predicted octanol–water partition coefficient (Wildman–Crippen LogP) is 4.16. The number of carbonyl (C=O) groups excluding carboxylic acids is 1. The first-order chi connectivity index (χ1) is 15.3. The molecule has 5 rings (SSSR count). The van der Waals surface area contributed by atoms with Crippen LogP contribution in [0.15, 0.2) is 96.1 Å². The molecule has 31 heavy (non-hydrogen) atoms. The Morgan fingerprint density at radius 1 is 0.806 bits per heavy atom. The molecular formula is C24H19N5O2. The number of nitrogens with one attached hydrogen (secondary N) is 4. The van der Waals surface area contributed by atoms with Crippen LogP contribution in [0, 0.1) is 0 Å². The number of hydrogen-bond acceptors (Lipinski definition) is 6. The molecule has 1 amide bonds. The minimum atomic E-state index is -0.218. The minimum absolute atomic E-state index is 0.218. The Morgan fingerprint density at radius 3 is 2.35 bits per heavy atom. The van der Waals surface area contributed by atoms with Gasteiger partial charge in [0.25, 0.3) is 5.91 Å². The molecule has 0 saturated heterocycles. The number of hydrazone groups is 1. The Bertz CT molecular complexity index is 1280. The molecule has 0 spiro atoms. The van der Waals surface area contributed by atoms with Crippen LogP contribution in [-0.4, -0.2) is 11.7 Å². The van der Waals surface area contributed by atoms with E-state index in [1.165, 1.54) is 0 Å². The third-order valence-corrected chi connectivity index (χ3v) is 4.91. The Morgan fingerprint density at radius 2 is 1.55 bits per heavy atom. The van der Waals surface area contributed by atoms with Crippen molar-refractivity contribution in [3.63, 3.8) is 0 Å². The number of rotatable bonds is 5. The van der Waals surface area contributed by atoms with Crippen molar-refractivity contribution in [2.45, 2.75) is 0 Å². The Labute approximate surface area is 178 Å². The Kier molecular flexibility index (Phi) is 4.92. The van der Waals surface area contributed by atoms with Gasteiger partial charge in [-0.05, 0) is 59.3 Å². The molecule has 0 atom stereocenters. The number of para-hydroxylation sites is 1. The lowest BCUT2D eigenvalue weighted by Gasteiger charge is -2.11. The summed E-state index contributed by atoms with van der Waals surface area (Å²) in [6, 6.07) is 28.6. The Balaban J connectivity index is 1.30. The highest BCUT2D eigenvalue weighted by Crippen LogP contribution is 2.26. The van der Waals surface area contributed by atoms with E-state index in [1.54, 1.807) is 24.3 Å². The van der Waals surface area contributed by atoms with Gasteiger partial charge in [0.05, 0.1) is 5.69 Å². The highest BCUT2D eigenvalue weighted by molar-refractivity contribution is 6.10. The van der Waals surface area contributed by atoms with Gasteiger partial charge in [0.15, 0.2) is 5.84 Å². The standard InChI is InChI=1S/C24H19N5O2/c30-24(25-22-8-4-3-7-21(22)23-26-28-29-27-23)17-10-12-19(13-11-17)31-20-14-9-16-5-1-2-6-18(16)15-20/h1-15,28-29H,(H,25,30)(H,26,27). The second-order valence-electron chi connectivity index (χ2n) is 6.96. The highest BCUT2D eigenvalue weighted by Gasteiger charge is 2.15. The molecule has 1 aliphatic heterocycles. The normalized spacial score (nSPS) is 12.6. The molecule has 0 unspecified atom stereocenters. The maximum Gasteiger partial charge on any atom is 0.255 e. The zero-order chi connectivity index (χ0) is 21.0. The molecule has 0 saturated carbocycles. The van der Waals surface area contributed by atoms with Crippen molar-refractivity contribution in [2.24, 2.45) is 5.10 Å². The van der Waals surface area contributed by atoms with E-state index in [4.69, 9.17) is 4.74 Å². The molecule has 4 aromatic rings. The Hall–Kier alpha value is -4.36. The lowest BCUT2D eigenvalue weighted by Crippen LogP contribution is -2.35. The number of amidine groups is 1. The fourth-order valence-electron chi connectivity index (χ4n) is 3.36. The van der Waals surface area contributed by atoms with E-state index in [-0.39, 0.29) is 5.91 Å². The number of ether oxygens (including phenoxy) is 1. The summed E-state index contributed by atoms with van der Waals surface area (Å²) in [5.41, 5.74) is 10.1. The summed E-state index contributed by atoms with van der Waals surface area (Å²) in [4.78, 5) is 12.8. The zero-order valence-corrected chi connectivity index (χ0v) is 16.4. The summed E-state index contributed by atoms with van der Waals surface area (Å²) in [5, 5.41) is 9.30. The van der Waals surface area contributed by atoms with Gasteiger partial charge in [0.2, 0.25) is 0 Å². The van der Waals surface area contributed by atoms with Crippen LogP contribution in [0.3, 0.4) is 0 Å². The molecule has 4 aromatic carbocycles. The van der Waals surface area contributed by atoms with Crippen LogP contribution >= 0.6 is 0 Å². The monoisotopic (exact) mass is 409 g/mol. The van der Waals surface area contributed by atoms with E-state index < -0.39 is 0 Å². The molecule has 152 valence electrons. The molecule has 0 fully saturated rings. The molecule has 0 radical (unpaired) electrons. The van der Waals surface area contributed by atoms with Gasteiger partial charge in [-0.1, -0.05) is 42.5 Å². The van der Waals surface area contributed by atoms with Gasteiger partial charge in [-0.3, -0.25) is 10.2 Å². The van der Waals surface area contributed by atoms with Crippen molar-refractivity contribution in [2.75, 3.05) is 5.32 Å². The predicted molar refractivity (Wildman–Crippen MR) is 121 cm³/mol. The molecule has 1 aliphatic rings. The number of hydrazine groups is 2. The first-order valence-corrected chi connectivity index (χ1v) is 9.77. The molecular weight excluding hydrogens is 390 g/mol. The highest BCUT2D eigenvalue weighted by atomic mass is 16.5. The SMILES string of the molecule is O=C(Nc1ccccc1C1=NNNN1)c1ccc(Oc2ccc3ccccc3c2)cc1. The van der Waals surface area contributed by atoms with Crippen LogP contribution in [0.1, 0.15) is 15.9 Å². The number of benzene rings is 4. The lowest BCUT2D eigenvalue weighted by molar-refractivity contribution is 0.102. The van der Waals surface area contributed by atoms with E-state index in [1.807, 2.05) is 60.7 Å². The molecule has 7 nitrogen and oxygen atoms in total. The number of fused-ring (bicyclic) bond motifs is 1. The number of amides is 1. The van der Waals surface area contributed by atoms with Gasteiger partial charge in [0.1, 0.15) is 11.5 Å². The summed E-state index contributed by atoms with van der Waals surface area (Å²) < 4.78 is 5.96. The summed E-state index contributed by atoms with van der Waals surface area (Å²) in [6.45, 7) is 0. The smallest absolute Gasteiger partial charge is 0.255 e. The molecule has 4 N–H and O–H groups in total. The topological polar surface area (TPSA) is 86.8 Å². The summed E-state index contributed by atoms with van der Waals surface area (Å²) in [6.07, 6.45) is 0. The van der Waals surface area contributed by atoms with E-state index in [2.05, 4.69) is 33.0 Å². The number of hydrogen-bond donors (Lipinski definition) is 4. The first-order valence-electron chi connectivity index (χ1n) is 9.77. The maximum atomic E-state index is 12.8. The van der Waals surface area contributed by atoms with Gasteiger partial charge in [-0.15, -0.1) is 10.6 Å². The van der Waals surface area contributed by atoms with E-state index >= 15 is 0 Å². The second-order valence-corrected chi connectivity index (χ2v) is 6.96. The second kappa shape index (κ2) is 8.17. The average molecular weight is 409 g/mol. The summed E-state index contributed by atoms with van der Waals surface area (Å²) >= 11 is 0. The van der Waals surface area contributed by atoms with Crippen LogP contribution in [0.2, 0.25) is 0 Å². The van der Waals surface area contributed by atoms with E-state index in [9.17, 15) is 4.79 Å². The maximum absolute atomic E-state index is 12.8. The van der Waals surface area contributed by atoms with Gasteiger partial charge in [-0.2, -0.15) is 0 Å². The quantitative estimate of drug-likeness (QED) is 0.398. The zero-order valence-electron chi connectivity index (χ0n) is 16.4. The van der Waals surface area contributed by atoms with Gasteiger partial charge >= 0.3 is 0 Å². The fraction of sp³-hybridized carbons (Fsp3) is 0. The third kappa shape index (κ3) is 4.03. The van der Waals surface area contributed by atoms with Crippen molar-refractivity contribution < 1.29 is 9.53 Å².